The molecule has 0 bridgehead atoms. The molecule has 0 saturated carbocycles. The molecule has 0 aliphatic carbocycles. The average Bonchev–Trinajstić information content (AvgIpc) is 2.28. The third-order valence-corrected chi connectivity index (χ3v) is 6.65. The van der Waals surface area contributed by atoms with Gasteiger partial charge in [-0.1, -0.05) is 35.7 Å². The minimum atomic E-state index is 1.11. The van der Waals surface area contributed by atoms with E-state index in [9.17, 15) is 0 Å². The van der Waals surface area contributed by atoms with E-state index in [0.29, 0.717) is 0 Å². The molecule has 1 heterocycles. The van der Waals surface area contributed by atoms with Crippen molar-refractivity contribution in [2.45, 2.75) is 19.6 Å². The highest BCUT2D eigenvalue weighted by molar-refractivity contribution is 9.13. The molecule has 1 aliphatic heterocycles. The number of fused-ring (bicyclic) bond motifs is 2. The third kappa shape index (κ3) is 1.96. The first kappa shape index (κ1) is 11.2. The van der Waals surface area contributed by atoms with Crippen molar-refractivity contribution in [3.63, 3.8) is 0 Å². The molecule has 0 aromatic heterocycles. The van der Waals surface area contributed by atoms with Crippen LogP contribution in [0.5, 0.6) is 0 Å². The molecule has 0 fully saturated rings. The fourth-order valence-electron chi connectivity index (χ4n) is 1.53. The molecule has 16 heavy (non-hydrogen) atoms. The molecular formula is C12H6Br2S2. The van der Waals surface area contributed by atoms with Crippen LogP contribution in [0.4, 0.5) is 0 Å². The van der Waals surface area contributed by atoms with E-state index >= 15 is 0 Å². The Balaban J connectivity index is 2.12. The molecule has 0 spiro atoms. The van der Waals surface area contributed by atoms with E-state index in [4.69, 9.17) is 0 Å². The van der Waals surface area contributed by atoms with Crippen LogP contribution in [0.25, 0.3) is 0 Å². The second kappa shape index (κ2) is 4.41. The zero-order valence-corrected chi connectivity index (χ0v) is 12.8. The number of rotatable bonds is 0. The summed E-state index contributed by atoms with van der Waals surface area (Å²) in [4.78, 5) is 5.32. The highest BCUT2D eigenvalue weighted by atomic mass is 79.9. The summed E-state index contributed by atoms with van der Waals surface area (Å²) in [6, 6.07) is 12.9. The Morgan fingerprint density at radius 1 is 0.688 bits per heavy atom. The van der Waals surface area contributed by atoms with Crippen LogP contribution in [0.2, 0.25) is 0 Å². The van der Waals surface area contributed by atoms with Crippen molar-refractivity contribution in [2.24, 2.45) is 0 Å². The van der Waals surface area contributed by atoms with Gasteiger partial charge in [0, 0.05) is 28.5 Å². The van der Waals surface area contributed by atoms with E-state index in [2.05, 4.69) is 68.3 Å². The van der Waals surface area contributed by atoms with Crippen molar-refractivity contribution in [2.75, 3.05) is 0 Å². The molecule has 0 nitrogen and oxygen atoms in total. The summed E-state index contributed by atoms with van der Waals surface area (Å²) in [6.45, 7) is 0. The van der Waals surface area contributed by atoms with E-state index in [1.807, 2.05) is 23.5 Å². The largest absolute Gasteiger partial charge is 0.0877 e. The Morgan fingerprint density at radius 3 is 1.56 bits per heavy atom. The van der Waals surface area contributed by atoms with Crippen LogP contribution >= 0.6 is 55.4 Å². The van der Waals surface area contributed by atoms with Gasteiger partial charge in [-0.3, -0.25) is 0 Å². The van der Waals surface area contributed by atoms with E-state index in [1.165, 1.54) is 19.6 Å². The zero-order valence-electron chi connectivity index (χ0n) is 8.04. The molecule has 0 amide bonds. The monoisotopic (exact) mass is 372 g/mol. The molecule has 0 unspecified atom stereocenters. The van der Waals surface area contributed by atoms with Crippen molar-refractivity contribution in [1.82, 2.24) is 0 Å². The van der Waals surface area contributed by atoms with Crippen LogP contribution in [-0.2, 0) is 0 Å². The first-order chi connectivity index (χ1) is 7.74. The van der Waals surface area contributed by atoms with Crippen molar-refractivity contribution >= 4 is 55.4 Å². The van der Waals surface area contributed by atoms with Crippen molar-refractivity contribution in [1.29, 1.82) is 0 Å². The van der Waals surface area contributed by atoms with Gasteiger partial charge in [0.05, 0.1) is 0 Å². The number of halogens is 2. The molecule has 1 aliphatic rings. The summed E-state index contributed by atoms with van der Waals surface area (Å²) < 4.78 is 2.22. The van der Waals surface area contributed by atoms with Crippen LogP contribution in [-0.4, -0.2) is 0 Å². The smallest absolute Gasteiger partial charge is 0.0329 e. The lowest BCUT2D eigenvalue weighted by atomic mass is 10.3. The maximum atomic E-state index is 3.54. The minimum absolute atomic E-state index is 1.11. The Bertz CT molecular complexity index is 517. The van der Waals surface area contributed by atoms with Gasteiger partial charge in [-0.25, -0.2) is 0 Å². The summed E-state index contributed by atoms with van der Waals surface area (Å²) in [5, 5.41) is 0. The van der Waals surface area contributed by atoms with Crippen molar-refractivity contribution in [3.05, 3.63) is 45.3 Å². The van der Waals surface area contributed by atoms with Crippen molar-refractivity contribution < 1.29 is 0 Å². The van der Waals surface area contributed by atoms with Crippen molar-refractivity contribution in [3.8, 4) is 0 Å². The topological polar surface area (TPSA) is 0 Å². The molecule has 0 saturated heterocycles. The predicted molar refractivity (Wildman–Crippen MR) is 76.5 cm³/mol. The second-order valence-corrected chi connectivity index (χ2v) is 7.24. The van der Waals surface area contributed by atoms with Crippen LogP contribution in [0, 0.1) is 0 Å². The number of hydrogen-bond acceptors (Lipinski definition) is 2. The average molecular weight is 374 g/mol. The fourth-order valence-corrected chi connectivity index (χ4v) is 4.79. The molecule has 4 heteroatoms. The Morgan fingerprint density at radius 2 is 1.12 bits per heavy atom. The van der Waals surface area contributed by atoms with E-state index < -0.39 is 0 Å². The lowest BCUT2D eigenvalue weighted by molar-refractivity contribution is 1.14. The molecule has 0 N–H and O–H groups in total. The van der Waals surface area contributed by atoms with E-state index in [-0.39, 0.29) is 0 Å². The maximum absolute atomic E-state index is 3.54. The summed E-state index contributed by atoms with van der Waals surface area (Å²) in [6.07, 6.45) is 0. The number of benzene rings is 2. The molecule has 2 aromatic carbocycles. The summed E-state index contributed by atoms with van der Waals surface area (Å²) >= 11 is 10.8. The lowest BCUT2D eigenvalue weighted by Crippen LogP contribution is -1.89. The summed E-state index contributed by atoms with van der Waals surface area (Å²) in [7, 11) is 0. The SMILES string of the molecule is Brc1cc2c(cc1Br)Sc1ccccc1S2. The normalized spacial score (nSPS) is 13.1. The first-order valence-corrected chi connectivity index (χ1v) is 7.90. The van der Waals surface area contributed by atoms with Gasteiger partial charge < -0.3 is 0 Å². The summed E-state index contributed by atoms with van der Waals surface area (Å²) in [5.74, 6) is 0. The summed E-state index contributed by atoms with van der Waals surface area (Å²) in [5.41, 5.74) is 0. The number of hydrogen-bond donors (Lipinski definition) is 0. The molecule has 0 radical (unpaired) electrons. The van der Waals surface area contributed by atoms with Gasteiger partial charge >= 0.3 is 0 Å². The van der Waals surface area contributed by atoms with Gasteiger partial charge in [0.2, 0.25) is 0 Å². The van der Waals surface area contributed by atoms with Gasteiger partial charge in [-0.2, -0.15) is 0 Å². The second-order valence-electron chi connectivity index (χ2n) is 3.36. The highest BCUT2D eigenvalue weighted by Crippen LogP contribution is 2.50. The minimum Gasteiger partial charge on any atom is -0.0877 e. The van der Waals surface area contributed by atoms with Gasteiger partial charge in [0.15, 0.2) is 0 Å². The first-order valence-electron chi connectivity index (χ1n) is 4.68. The highest BCUT2D eigenvalue weighted by Gasteiger charge is 2.17. The fraction of sp³-hybridized carbons (Fsp3) is 0. The van der Waals surface area contributed by atoms with Crippen LogP contribution in [0.15, 0.2) is 64.9 Å². The van der Waals surface area contributed by atoms with Gasteiger partial charge in [-0.05, 0) is 56.1 Å². The Hall–Kier alpha value is 0.1000. The quantitative estimate of drug-likeness (QED) is 0.486. The van der Waals surface area contributed by atoms with Crippen LogP contribution < -0.4 is 0 Å². The van der Waals surface area contributed by atoms with Gasteiger partial charge in [0.25, 0.3) is 0 Å². The zero-order chi connectivity index (χ0) is 11.1. The molecule has 2 aromatic rings. The predicted octanol–water partition coefficient (Wildman–Crippen LogP) is 5.83. The van der Waals surface area contributed by atoms with Crippen LogP contribution in [0.3, 0.4) is 0 Å². The van der Waals surface area contributed by atoms with E-state index in [0.717, 1.165) is 8.95 Å². The van der Waals surface area contributed by atoms with E-state index in [1.54, 1.807) is 0 Å². The molecule has 80 valence electrons. The molecule has 3 rings (SSSR count). The lowest BCUT2D eigenvalue weighted by Gasteiger charge is -2.18. The Kier molecular flexibility index (Phi) is 3.09. The molecular weight excluding hydrogens is 368 g/mol. The maximum Gasteiger partial charge on any atom is 0.0329 e. The van der Waals surface area contributed by atoms with Gasteiger partial charge in [0.1, 0.15) is 0 Å². The van der Waals surface area contributed by atoms with Crippen LogP contribution in [0.1, 0.15) is 0 Å². The standard InChI is InChI=1S/C12H6Br2S2/c13-7-5-11-12(6-8(7)14)16-10-4-2-1-3-9(10)15-11/h1-6H. The van der Waals surface area contributed by atoms with Gasteiger partial charge in [-0.15, -0.1) is 0 Å². The Labute approximate surface area is 119 Å². The molecule has 0 atom stereocenters. The third-order valence-electron chi connectivity index (χ3n) is 2.28.